The summed E-state index contributed by atoms with van der Waals surface area (Å²) in [5, 5.41) is 0. The number of hydrogen-bond acceptors (Lipinski definition) is 0. The Kier molecular flexibility index (Phi) is 3.06. The van der Waals surface area contributed by atoms with Crippen molar-refractivity contribution >= 4 is 5.57 Å². The molecule has 82 valence electrons. The minimum atomic E-state index is -5.16. The van der Waals surface area contributed by atoms with E-state index in [1.165, 1.54) is 0 Å². The number of rotatable bonds is 1. The summed E-state index contributed by atoms with van der Waals surface area (Å²) in [6.07, 6.45) is -7.99. The van der Waals surface area contributed by atoms with Gasteiger partial charge in [0.25, 0.3) is 6.08 Å². The molecule has 0 aliphatic heterocycles. The lowest BCUT2D eigenvalue weighted by Crippen LogP contribution is -2.11. The molecule has 0 aliphatic rings. The molecule has 1 aromatic carbocycles. The van der Waals surface area contributed by atoms with E-state index >= 15 is 0 Å². The number of alkyl halides is 3. The Balaban J connectivity index is 3.25. The van der Waals surface area contributed by atoms with Gasteiger partial charge in [-0.15, -0.1) is 0 Å². The molecule has 15 heavy (non-hydrogen) atoms. The number of halogens is 6. The fraction of sp³-hybridized carbons (Fsp3) is 0.111. The highest BCUT2D eigenvalue weighted by Gasteiger charge is 2.38. The van der Waals surface area contributed by atoms with Crippen LogP contribution in [0.2, 0.25) is 0 Å². The molecule has 0 nitrogen and oxygen atoms in total. The third kappa shape index (κ3) is 2.74. The lowest BCUT2D eigenvalue weighted by molar-refractivity contribution is -0.0711. The molecule has 0 unspecified atom stereocenters. The minimum absolute atomic E-state index is 0.650. The number of allylic oxidation sites excluding steroid dienone is 1. The Morgan fingerprint density at radius 3 is 1.73 bits per heavy atom. The first-order valence-electron chi connectivity index (χ1n) is 3.71. The molecule has 1 aromatic rings. The van der Waals surface area contributed by atoms with E-state index in [9.17, 15) is 26.3 Å². The van der Waals surface area contributed by atoms with Crippen LogP contribution in [-0.4, -0.2) is 6.18 Å². The van der Waals surface area contributed by atoms with E-state index < -0.39 is 29.2 Å². The molecule has 0 heterocycles. The van der Waals surface area contributed by atoms with E-state index in [2.05, 4.69) is 0 Å². The van der Waals surface area contributed by atoms with Crippen LogP contribution in [0, 0.1) is 5.82 Å². The molecule has 0 saturated carbocycles. The topological polar surface area (TPSA) is 0 Å². The molecule has 0 radical (unpaired) electrons. The van der Waals surface area contributed by atoms with Crippen molar-refractivity contribution in [3.63, 3.8) is 0 Å². The minimum Gasteiger partial charge on any atom is -0.207 e. The number of benzene rings is 1. The molecule has 0 aliphatic carbocycles. The maximum Gasteiger partial charge on any atom is 0.422 e. The van der Waals surface area contributed by atoms with Gasteiger partial charge in [0, 0.05) is 0 Å². The molecule has 0 N–H and O–H groups in total. The van der Waals surface area contributed by atoms with Crippen LogP contribution >= 0.6 is 0 Å². The van der Waals surface area contributed by atoms with E-state index in [4.69, 9.17) is 0 Å². The zero-order valence-electron chi connectivity index (χ0n) is 7.08. The van der Waals surface area contributed by atoms with Gasteiger partial charge in [0.15, 0.2) is 0 Å². The lowest BCUT2D eigenvalue weighted by atomic mass is 10.1. The van der Waals surface area contributed by atoms with Gasteiger partial charge in [0.2, 0.25) is 0 Å². The third-order valence-corrected chi connectivity index (χ3v) is 1.61. The molecule has 0 fully saturated rings. The van der Waals surface area contributed by atoms with Crippen molar-refractivity contribution in [2.24, 2.45) is 0 Å². The molecular weight excluding hydrogens is 222 g/mol. The van der Waals surface area contributed by atoms with E-state index in [-0.39, 0.29) is 0 Å². The van der Waals surface area contributed by atoms with Gasteiger partial charge in [-0.05, 0) is 17.7 Å². The summed E-state index contributed by atoms with van der Waals surface area (Å²) in [7, 11) is 0. The van der Waals surface area contributed by atoms with Crippen molar-refractivity contribution in [3.05, 3.63) is 41.7 Å². The van der Waals surface area contributed by atoms with E-state index in [1.54, 1.807) is 0 Å². The van der Waals surface area contributed by atoms with Gasteiger partial charge in [0.05, 0.1) is 0 Å². The standard InChI is InChI=1S/C9H4F6/c10-6-3-1-5(2-4-6)7(8(11)12)9(13,14)15/h1-4H. The maximum absolute atomic E-state index is 12.4. The van der Waals surface area contributed by atoms with Gasteiger partial charge >= 0.3 is 6.18 Å². The summed E-state index contributed by atoms with van der Waals surface area (Å²) in [5.41, 5.74) is -2.80. The van der Waals surface area contributed by atoms with Gasteiger partial charge < -0.3 is 0 Å². The van der Waals surface area contributed by atoms with Gasteiger partial charge in [-0.3, -0.25) is 0 Å². The van der Waals surface area contributed by atoms with Crippen LogP contribution in [0.3, 0.4) is 0 Å². The average molecular weight is 226 g/mol. The Morgan fingerprint density at radius 1 is 0.933 bits per heavy atom. The third-order valence-electron chi connectivity index (χ3n) is 1.61. The van der Waals surface area contributed by atoms with Crippen LogP contribution in [0.5, 0.6) is 0 Å². The van der Waals surface area contributed by atoms with E-state index in [0.717, 1.165) is 0 Å². The quantitative estimate of drug-likeness (QED) is 0.635. The fourth-order valence-electron chi connectivity index (χ4n) is 0.996. The Morgan fingerprint density at radius 2 is 1.40 bits per heavy atom. The van der Waals surface area contributed by atoms with Gasteiger partial charge in [-0.25, -0.2) is 4.39 Å². The van der Waals surface area contributed by atoms with Crippen LogP contribution in [0.1, 0.15) is 5.56 Å². The van der Waals surface area contributed by atoms with Crippen LogP contribution in [-0.2, 0) is 0 Å². The second kappa shape index (κ2) is 3.96. The van der Waals surface area contributed by atoms with Crippen LogP contribution < -0.4 is 0 Å². The van der Waals surface area contributed by atoms with Crippen LogP contribution in [0.4, 0.5) is 26.3 Å². The van der Waals surface area contributed by atoms with Crippen LogP contribution in [0.15, 0.2) is 30.3 Å². The van der Waals surface area contributed by atoms with E-state index in [0.29, 0.717) is 24.3 Å². The fourth-order valence-corrected chi connectivity index (χ4v) is 0.996. The van der Waals surface area contributed by atoms with Crippen molar-refractivity contribution < 1.29 is 26.3 Å². The number of hydrogen-bond donors (Lipinski definition) is 0. The monoisotopic (exact) mass is 226 g/mol. The average Bonchev–Trinajstić information content (AvgIpc) is 2.05. The molecule has 0 saturated heterocycles. The molecule has 0 atom stereocenters. The Labute approximate surface area is 80.8 Å². The van der Waals surface area contributed by atoms with Gasteiger partial charge in [0.1, 0.15) is 11.4 Å². The highest BCUT2D eigenvalue weighted by atomic mass is 19.4. The normalized spacial score (nSPS) is 11.3. The summed E-state index contributed by atoms with van der Waals surface area (Å²) in [6, 6.07) is 2.67. The molecule has 0 spiro atoms. The first-order valence-corrected chi connectivity index (χ1v) is 3.71. The predicted octanol–water partition coefficient (Wildman–Crippen LogP) is 4.00. The van der Waals surface area contributed by atoms with Crippen molar-refractivity contribution in [2.45, 2.75) is 6.18 Å². The van der Waals surface area contributed by atoms with Gasteiger partial charge in [-0.2, -0.15) is 22.0 Å². The second-order valence-corrected chi connectivity index (χ2v) is 2.64. The second-order valence-electron chi connectivity index (χ2n) is 2.64. The highest BCUT2D eigenvalue weighted by Crippen LogP contribution is 2.37. The van der Waals surface area contributed by atoms with Crippen molar-refractivity contribution in [1.29, 1.82) is 0 Å². The summed E-state index contributed by atoms with van der Waals surface area (Å²) in [6.45, 7) is 0. The summed E-state index contributed by atoms with van der Waals surface area (Å²) >= 11 is 0. The predicted molar refractivity (Wildman–Crippen MR) is 41.6 cm³/mol. The molecule has 1 rings (SSSR count). The van der Waals surface area contributed by atoms with E-state index in [1.807, 2.05) is 0 Å². The molecule has 0 bridgehead atoms. The van der Waals surface area contributed by atoms with Crippen molar-refractivity contribution in [1.82, 2.24) is 0 Å². The Bertz CT molecular complexity index is 369. The summed E-state index contributed by atoms with van der Waals surface area (Å²) in [4.78, 5) is 0. The summed E-state index contributed by atoms with van der Waals surface area (Å²) in [5.74, 6) is -0.792. The molecular formula is C9H4F6. The van der Waals surface area contributed by atoms with Gasteiger partial charge in [-0.1, -0.05) is 12.1 Å². The molecule has 0 amide bonds. The molecule has 0 aromatic heterocycles. The maximum atomic E-state index is 12.4. The first kappa shape index (κ1) is 11.6. The largest absolute Gasteiger partial charge is 0.422 e. The SMILES string of the molecule is FC(F)=C(c1ccc(F)cc1)C(F)(F)F. The van der Waals surface area contributed by atoms with Crippen molar-refractivity contribution in [2.75, 3.05) is 0 Å². The van der Waals surface area contributed by atoms with Crippen molar-refractivity contribution in [3.8, 4) is 0 Å². The zero-order valence-corrected chi connectivity index (χ0v) is 7.08. The summed E-state index contributed by atoms with van der Waals surface area (Å²) < 4.78 is 72.8. The Hall–Kier alpha value is -1.46. The lowest BCUT2D eigenvalue weighted by Gasteiger charge is -2.10. The van der Waals surface area contributed by atoms with Crippen LogP contribution in [0.25, 0.3) is 5.57 Å². The highest BCUT2D eigenvalue weighted by molar-refractivity contribution is 5.70. The molecule has 6 heteroatoms. The zero-order chi connectivity index (χ0) is 11.6. The first-order chi connectivity index (χ1) is 6.82. The smallest absolute Gasteiger partial charge is 0.207 e.